The van der Waals surface area contributed by atoms with Gasteiger partial charge in [0.05, 0.1) is 31.5 Å². The lowest BCUT2D eigenvalue weighted by atomic mass is 9.95. The Bertz CT molecular complexity index is 944. The Morgan fingerprint density at radius 3 is 2.50 bits per heavy atom. The van der Waals surface area contributed by atoms with Crippen LogP contribution in [0.15, 0.2) is 53.7 Å². The molecule has 0 saturated heterocycles. The quantitative estimate of drug-likeness (QED) is 0.668. The van der Waals surface area contributed by atoms with Gasteiger partial charge in [0.25, 0.3) is 5.91 Å². The fraction of sp³-hybridized carbons (Fsp3) is 0.200. The van der Waals surface area contributed by atoms with Crippen LogP contribution in [0.4, 0.5) is 10.1 Å². The zero-order valence-electron chi connectivity index (χ0n) is 15.6. The third-order valence-electron chi connectivity index (χ3n) is 4.37. The van der Waals surface area contributed by atoms with Crippen molar-refractivity contribution in [3.8, 4) is 11.5 Å². The predicted molar refractivity (Wildman–Crippen MR) is 109 cm³/mol. The van der Waals surface area contributed by atoms with Gasteiger partial charge in [-0.3, -0.25) is 4.79 Å². The molecule has 6 nitrogen and oxygen atoms in total. The SMILES string of the molecule is COc1ccc(OC)c(NC(=O)C2=C(C)NC(=S)N[C@@H]2c2ccc(F)cc2)c1. The van der Waals surface area contributed by atoms with Gasteiger partial charge >= 0.3 is 0 Å². The lowest BCUT2D eigenvalue weighted by molar-refractivity contribution is -0.113. The Hall–Kier alpha value is -3.13. The van der Waals surface area contributed by atoms with E-state index in [1.165, 1.54) is 19.2 Å². The van der Waals surface area contributed by atoms with Gasteiger partial charge < -0.3 is 25.4 Å². The topological polar surface area (TPSA) is 71.6 Å². The van der Waals surface area contributed by atoms with Crippen molar-refractivity contribution in [1.82, 2.24) is 10.6 Å². The van der Waals surface area contributed by atoms with Crippen LogP contribution in [0.25, 0.3) is 0 Å². The molecule has 0 aromatic heterocycles. The molecule has 1 aliphatic rings. The molecule has 0 unspecified atom stereocenters. The number of thiocarbonyl (C=S) groups is 1. The van der Waals surface area contributed by atoms with Crippen LogP contribution in [0.3, 0.4) is 0 Å². The summed E-state index contributed by atoms with van der Waals surface area (Å²) in [4.78, 5) is 13.1. The highest BCUT2D eigenvalue weighted by molar-refractivity contribution is 7.80. The molecule has 1 atom stereocenters. The zero-order chi connectivity index (χ0) is 20.3. The molecule has 0 bridgehead atoms. The number of rotatable bonds is 5. The van der Waals surface area contributed by atoms with Crippen molar-refractivity contribution in [1.29, 1.82) is 0 Å². The van der Waals surface area contributed by atoms with E-state index in [9.17, 15) is 9.18 Å². The molecule has 0 saturated carbocycles. The maximum absolute atomic E-state index is 13.3. The van der Waals surface area contributed by atoms with E-state index in [-0.39, 0.29) is 11.7 Å². The fourth-order valence-corrected chi connectivity index (χ4v) is 3.27. The molecule has 8 heteroatoms. The van der Waals surface area contributed by atoms with Crippen LogP contribution in [0.2, 0.25) is 0 Å². The normalized spacial score (nSPS) is 16.1. The summed E-state index contributed by atoms with van der Waals surface area (Å²) in [6.45, 7) is 1.77. The number of halogens is 1. The Balaban J connectivity index is 1.97. The monoisotopic (exact) mass is 401 g/mol. The first-order valence-corrected chi connectivity index (χ1v) is 8.91. The van der Waals surface area contributed by atoms with E-state index in [1.807, 2.05) is 0 Å². The molecular formula is C20H20FN3O3S. The number of anilines is 1. The number of nitrogens with one attached hydrogen (secondary N) is 3. The molecule has 1 aliphatic heterocycles. The molecule has 28 heavy (non-hydrogen) atoms. The van der Waals surface area contributed by atoms with E-state index >= 15 is 0 Å². The first-order valence-electron chi connectivity index (χ1n) is 8.50. The number of hydrogen-bond donors (Lipinski definition) is 3. The smallest absolute Gasteiger partial charge is 0.255 e. The standard InChI is InChI=1S/C20H20FN3O3S/c1-11-17(18(24-20(28)22-11)12-4-6-13(21)7-5-12)19(25)23-15-10-14(26-2)8-9-16(15)27-3/h4-10,18H,1-3H3,(H,23,25)(H2,22,24,28)/t18-/m1/s1. The van der Waals surface area contributed by atoms with Crippen LogP contribution in [0.5, 0.6) is 11.5 Å². The van der Waals surface area contributed by atoms with E-state index in [0.717, 1.165) is 0 Å². The Morgan fingerprint density at radius 2 is 1.86 bits per heavy atom. The lowest BCUT2D eigenvalue weighted by Crippen LogP contribution is -2.45. The van der Waals surface area contributed by atoms with Crippen molar-refractivity contribution in [2.45, 2.75) is 13.0 Å². The van der Waals surface area contributed by atoms with Gasteiger partial charge in [-0.25, -0.2) is 4.39 Å². The summed E-state index contributed by atoms with van der Waals surface area (Å²) in [5.74, 6) is 0.380. The van der Waals surface area contributed by atoms with Crippen LogP contribution in [-0.4, -0.2) is 25.2 Å². The minimum Gasteiger partial charge on any atom is -0.497 e. The average Bonchev–Trinajstić information content (AvgIpc) is 2.67. The second-order valence-electron chi connectivity index (χ2n) is 6.14. The van der Waals surface area contributed by atoms with Crippen molar-refractivity contribution in [3.63, 3.8) is 0 Å². The van der Waals surface area contributed by atoms with E-state index < -0.39 is 6.04 Å². The minimum atomic E-state index is -0.522. The van der Waals surface area contributed by atoms with E-state index in [2.05, 4.69) is 16.0 Å². The van der Waals surface area contributed by atoms with Crippen LogP contribution >= 0.6 is 12.2 Å². The summed E-state index contributed by atoms with van der Waals surface area (Å²) < 4.78 is 23.9. The van der Waals surface area contributed by atoms with Gasteiger partial charge in [-0.2, -0.15) is 0 Å². The highest BCUT2D eigenvalue weighted by Gasteiger charge is 2.30. The summed E-state index contributed by atoms with van der Waals surface area (Å²) in [6.07, 6.45) is 0. The van der Waals surface area contributed by atoms with Crippen molar-refractivity contribution in [2.24, 2.45) is 0 Å². The molecule has 2 aromatic carbocycles. The molecule has 146 valence electrons. The molecular weight excluding hydrogens is 381 g/mol. The average molecular weight is 401 g/mol. The molecule has 1 heterocycles. The summed E-state index contributed by atoms with van der Waals surface area (Å²) in [6, 6.07) is 10.5. The van der Waals surface area contributed by atoms with Gasteiger partial charge in [-0.05, 0) is 49.0 Å². The number of hydrogen-bond acceptors (Lipinski definition) is 4. The number of carbonyl (C=O) groups is 1. The maximum Gasteiger partial charge on any atom is 0.255 e. The molecule has 0 fully saturated rings. The molecule has 0 radical (unpaired) electrons. The van der Waals surface area contributed by atoms with Gasteiger partial charge in [0.2, 0.25) is 0 Å². The van der Waals surface area contributed by atoms with Crippen LogP contribution in [0.1, 0.15) is 18.5 Å². The van der Waals surface area contributed by atoms with Crippen molar-refractivity contribution in [2.75, 3.05) is 19.5 Å². The molecule has 3 N–H and O–H groups in total. The van der Waals surface area contributed by atoms with Crippen LogP contribution < -0.4 is 25.4 Å². The largest absolute Gasteiger partial charge is 0.497 e. The van der Waals surface area contributed by atoms with Gasteiger partial charge in [0.1, 0.15) is 17.3 Å². The number of ether oxygens (including phenoxy) is 2. The number of allylic oxidation sites excluding steroid dienone is 1. The lowest BCUT2D eigenvalue weighted by Gasteiger charge is -2.30. The predicted octanol–water partition coefficient (Wildman–Crippen LogP) is 3.27. The zero-order valence-corrected chi connectivity index (χ0v) is 16.4. The fourth-order valence-electron chi connectivity index (χ4n) is 3.00. The maximum atomic E-state index is 13.3. The summed E-state index contributed by atoms with van der Waals surface area (Å²) in [5, 5.41) is 9.30. The van der Waals surface area contributed by atoms with E-state index in [0.29, 0.717) is 39.1 Å². The number of carbonyl (C=O) groups excluding carboxylic acids is 1. The van der Waals surface area contributed by atoms with Gasteiger partial charge in [0, 0.05) is 11.8 Å². The van der Waals surface area contributed by atoms with Crippen molar-refractivity contribution in [3.05, 3.63) is 65.1 Å². The van der Waals surface area contributed by atoms with Gasteiger partial charge in [-0.15, -0.1) is 0 Å². The second-order valence-corrected chi connectivity index (χ2v) is 6.55. The summed E-state index contributed by atoms with van der Waals surface area (Å²) in [5.41, 5.74) is 2.23. The van der Waals surface area contributed by atoms with Crippen molar-refractivity contribution >= 4 is 28.9 Å². The second kappa shape index (κ2) is 8.26. The van der Waals surface area contributed by atoms with E-state index in [1.54, 1.807) is 44.4 Å². The first-order chi connectivity index (χ1) is 13.4. The number of methoxy groups -OCH3 is 2. The number of amides is 1. The Morgan fingerprint density at radius 1 is 1.14 bits per heavy atom. The van der Waals surface area contributed by atoms with Crippen LogP contribution in [0, 0.1) is 5.82 Å². The third kappa shape index (κ3) is 4.07. The molecule has 3 rings (SSSR count). The summed E-state index contributed by atoms with van der Waals surface area (Å²) >= 11 is 5.23. The highest BCUT2D eigenvalue weighted by Crippen LogP contribution is 2.32. The van der Waals surface area contributed by atoms with Gasteiger partial charge in [-0.1, -0.05) is 12.1 Å². The van der Waals surface area contributed by atoms with Crippen molar-refractivity contribution < 1.29 is 18.7 Å². The van der Waals surface area contributed by atoms with Gasteiger partial charge in [0.15, 0.2) is 5.11 Å². The molecule has 1 amide bonds. The molecule has 2 aromatic rings. The molecule has 0 spiro atoms. The first kappa shape index (κ1) is 19.6. The summed E-state index contributed by atoms with van der Waals surface area (Å²) in [7, 11) is 3.06. The minimum absolute atomic E-state index is 0.346. The highest BCUT2D eigenvalue weighted by atomic mass is 32.1. The molecule has 0 aliphatic carbocycles. The van der Waals surface area contributed by atoms with E-state index in [4.69, 9.17) is 21.7 Å². The Kier molecular flexibility index (Phi) is 5.79. The number of benzene rings is 2. The third-order valence-corrected chi connectivity index (χ3v) is 4.59. The van der Waals surface area contributed by atoms with Crippen LogP contribution in [-0.2, 0) is 4.79 Å². The Labute approximate surface area is 167 Å².